The molecule has 0 aliphatic carbocycles. The topological polar surface area (TPSA) is 47.6 Å². The van der Waals surface area contributed by atoms with E-state index in [0.29, 0.717) is 11.3 Å². The molecule has 0 aliphatic rings. The van der Waals surface area contributed by atoms with Crippen LogP contribution in [-0.2, 0) is 6.61 Å². The van der Waals surface area contributed by atoms with Crippen molar-refractivity contribution < 1.29 is 14.3 Å². The highest BCUT2D eigenvalue weighted by molar-refractivity contribution is 7.98. The second-order valence-corrected chi connectivity index (χ2v) is 8.21. The normalized spacial score (nSPS) is 10.5. The second kappa shape index (κ2) is 10.7. The fraction of sp³-hybridized carbons (Fsp3) is 0.107. The minimum atomic E-state index is -0.174. The average Bonchev–Trinajstić information content (AvgIpc) is 2.88. The molecule has 0 spiro atoms. The van der Waals surface area contributed by atoms with Gasteiger partial charge in [-0.1, -0.05) is 54.6 Å². The molecule has 4 aromatic rings. The zero-order valence-electron chi connectivity index (χ0n) is 18.6. The highest BCUT2D eigenvalue weighted by atomic mass is 32.2. The van der Waals surface area contributed by atoms with Crippen molar-refractivity contribution >= 4 is 23.4 Å². The minimum Gasteiger partial charge on any atom is -0.496 e. The summed E-state index contributed by atoms with van der Waals surface area (Å²) in [5, 5.41) is 3.00. The molecule has 4 aromatic carbocycles. The van der Waals surface area contributed by atoms with Crippen molar-refractivity contribution in [3.63, 3.8) is 0 Å². The van der Waals surface area contributed by atoms with Gasteiger partial charge in [0.2, 0.25) is 0 Å². The number of ether oxygens (including phenoxy) is 2. The molecular weight excluding hydrogens is 430 g/mol. The number of para-hydroxylation sites is 1. The maximum atomic E-state index is 12.9. The van der Waals surface area contributed by atoms with Gasteiger partial charge in [-0.2, -0.15) is 0 Å². The van der Waals surface area contributed by atoms with Crippen LogP contribution in [0.4, 0.5) is 5.69 Å². The van der Waals surface area contributed by atoms with Gasteiger partial charge < -0.3 is 14.8 Å². The van der Waals surface area contributed by atoms with Crippen molar-refractivity contribution in [1.82, 2.24) is 0 Å². The summed E-state index contributed by atoms with van der Waals surface area (Å²) in [4.78, 5) is 13.9. The molecule has 0 fully saturated rings. The van der Waals surface area contributed by atoms with Gasteiger partial charge in [0, 0.05) is 16.0 Å². The first kappa shape index (κ1) is 22.5. The predicted molar refractivity (Wildman–Crippen MR) is 135 cm³/mol. The van der Waals surface area contributed by atoms with Gasteiger partial charge in [0.25, 0.3) is 5.91 Å². The fourth-order valence-electron chi connectivity index (χ4n) is 3.51. The number of hydrogen-bond donors (Lipinski definition) is 1. The molecule has 166 valence electrons. The molecule has 0 atom stereocenters. The lowest BCUT2D eigenvalue weighted by molar-refractivity contribution is 0.102. The summed E-state index contributed by atoms with van der Waals surface area (Å²) in [6.45, 7) is 0.288. The number of rotatable bonds is 8. The van der Waals surface area contributed by atoms with E-state index in [4.69, 9.17) is 9.47 Å². The first-order valence-corrected chi connectivity index (χ1v) is 11.8. The van der Waals surface area contributed by atoms with Crippen LogP contribution in [0, 0.1) is 0 Å². The molecule has 0 radical (unpaired) electrons. The molecule has 0 unspecified atom stereocenters. The van der Waals surface area contributed by atoms with Crippen LogP contribution < -0.4 is 14.8 Å². The average molecular weight is 456 g/mol. The van der Waals surface area contributed by atoms with Gasteiger partial charge in [-0.3, -0.25) is 4.79 Å². The lowest BCUT2D eigenvalue weighted by Crippen LogP contribution is -2.13. The molecule has 0 aliphatic heterocycles. The quantitative estimate of drug-likeness (QED) is 0.293. The van der Waals surface area contributed by atoms with Crippen molar-refractivity contribution in [2.45, 2.75) is 11.5 Å². The Morgan fingerprint density at radius 1 is 0.848 bits per heavy atom. The highest BCUT2D eigenvalue weighted by Crippen LogP contribution is 2.27. The lowest BCUT2D eigenvalue weighted by atomic mass is 10.1. The first-order chi connectivity index (χ1) is 16.2. The van der Waals surface area contributed by atoms with Crippen molar-refractivity contribution in [1.29, 1.82) is 0 Å². The summed E-state index contributed by atoms with van der Waals surface area (Å²) in [6.07, 6.45) is 1.99. The van der Waals surface area contributed by atoms with Crippen LogP contribution in [0.1, 0.15) is 15.9 Å². The predicted octanol–water partition coefficient (Wildman–Crippen LogP) is 6.92. The summed E-state index contributed by atoms with van der Waals surface area (Å²) < 4.78 is 11.5. The summed E-state index contributed by atoms with van der Waals surface area (Å²) in [5.41, 5.74) is 4.43. The van der Waals surface area contributed by atoms with Crippen molar-refractivity contribution in [2.75, 3.05) is 18.7 Å². The Bertz CT molecular complexity index is 1220. The third-order valence-corrected chi connectivity index (χ3v) is 6.05. The summed E-state index contributed by atoms with van der Waals surface area (Å²) in [5.74, 6) is 1.25. The molecule has 4 rings (SSSR count). The molecule has 0 saturated heterocycles. The van der Waals surface area contributed by atoms with Crippen LogP contribution in [-0.4, -0.2) is 19.3 Å². The second-order valence-electron chi connectivity index (χ2n) is 7.36. The van der Waals surface area contributed by atoms with Crippen LogP contribution in [0.2, 0.25) is 0 Å². The van der Waals surface area contributed by atoms with Crippen LogP contribution in [0.3, 0.4) is 0 Å². The summed E-state index contributed by atoms with van der Waals surface area (Å²) in [6, 6.07) is 31.3. The fourth-order valence-corrected chi connectivity index (χ4v) is 4.06. The molecule has 0 bridgehead atoms. The van der Waals surface area contributed by atoms with Gasteiger partial charge >= 0.3 is 0 Å². The maximum absolute atomic E-state index is 12.9. The molecular formula is C28H25NO3S. The Morgan fingerprint density at radius 2 is 1.55 bits per heavy atom. The summed E-state index contributed by atoms with van der Waals surface area (Å²) in [7, 11) is 1.61. The van der Waals surface area contributed by atoms with Crippen molar-refractivity contribution in [3.05, 3.63) is 108 Å². The Hall–Kier alpha value is -3.70. The van der Waals surface area contributed by atoms with E-state index in [1.54, 1.807) is 31.0 Å². The zero-order chi connectivity index (χ0) is 23.0. The number of carbonyl (C=O) groups excluding carboxylic acids is 1. The maximum Gasteiger partial charge on any atom is 0.255 e. The standard InChI is InChI=1S/C28H25NO3S/c1-31-26-17-14-22(28(30)29-25-10-6-7-11-27(25)33-2)18-23(26)19-32-24-15-12-21(13-16-24)20-8-4-3-5-9-20/h3-18H,19H2,1-2H3,(H,29,30). The van der Waals surface area contributed by atoms with E-state index in [1.807, 2.05) is 79.1 Å². The van der Waals surface area contributed by atoms with Crippen molar-refractivity contribution in [3.8, 4) is 22.6 Å². The molecule has 0 saturated carbocycles. The zero-order valence-corrected chi connectivity index (χ0v) is 19.4. The van der Waals surface area contributed by atoms with Gasteiger partial charge in [0.1, 0.15) is 18.1 Å². The van der Waals surface area contributed by atoms with E-state index in [9.17, 15) is 4.79 Å². The molecule has 4 nitrogen and oxygen atoms in total. The van der Waals surface area contributed by atoms with E-state index in [2.05, 4.69) is 17.4 Å². The number of hydrogen-bond acceptors (Lipinski definition) is 4. The van der Waals surface area contributed by atoms with Crippen LogP contribution >= 0.6 is 11.8 Å². The number of amides is 1. The largest absolute Gasteiger partial charge is 0.496 e. The summed E-state index contributed by atoms with van der Waals surface area (Å²) >= 11 is 1.59. The highest BCUT2D eigenvalue weighted by Gasteiger charge is 2.13. The van der Waals surface area contributed by atoms with Crippen LogP contribution in [0.15, 0.2) is 102 Å². The van der Waals surface area contributed by atoms with Gasteiger partial charge in [-0.15, -0.1) is 11.8 Å². The number of methoxy groups -OCH3 is 1. The molecule has 1 N–H and O–H groups in total. The van der Waals surface area contributed by atoms with E-state index in [1.165, 1.54) is 0 Å². The monoisotopic (exact) mass is 455 g/mol. The SMILES string of the molecule is COc1ccc(C(=O)Nc2ccccc2SC)cc1COc1ccc(-c2ccccc2)cc1. The third kappa shape index (κ3) is 5.57. The number of anilines is 1. The van der Waals surface area contributed by atoms with Gasteiger partial charge in [-0.25, -0.2) is 0 Å². The van der Waals surface area contributed by atoms with E-state index in [-0.39, 0.29) is 12.5 Å². The first-order valence-electron chi connectivity index (χ1n) is 10.6. The number of carbonyl (C=O) groups is 1. The Kier molecular flexibility index (Phi) is 7.33. The van der Waals surface area contributed by atoms with E-state index < -0.39 is 0 Å². The lowest BCUT2D eigenvalue weighted by Gasteiger charge is -2.13. The van der Waals surface area contributed by atoms with Gasteiger partial charge in [0.15, 0.2) is 0 Å². The van der Waals surface area contributed by atoms with Gasteiger partial charge in [0.05, 0.1) is 12.8 Å². The molecule has 1 amide bonds. The van der Waals surface area contributed by atoms with E-state index >= 15 is 0 Å². The Labute approximate surface area is 198 Å². The number of thioether (sulfide) groups is 1. The van der Waals surface area contributed by atoms with Gasteiger partial charge in [-0.05, 0) is 59.8 Å². The molecule has 0 heterocycles. The number of nitrogens with one attached hydrogen (secondary N) is 1. The number of benzene rings is 4. The van der Waals surface area contributed by atoms with Crippen LogP contribution in [0.5, 0.6) is 11.5 Å². The van der Waals surface area contributed by atoms with Crippen molar-refractivity contribution in [2.24, 2.45) is 0 Å². The molecule has 0 aromatic heterocycles. The Balaban J connectivity index is 1.47. The smallest absolute Gasteiger partial charge is 0.255 e. The van der Waals surface area contributed by atoms with Crippen LogP contribution in [0.25, 0.3) is 11.1 Å². The molecule has 5 heteroatoms. The third-order valence-electron chi connectivity index (χ3n) is 5.25. The Morgan fingerprint density at radius 3 is 2.27 bits per heavy atom. The van der Waals surface area contributed by atoms with E-state index in [0.717, 1.165) is 33.0 Å². The molecule has 33 heavy (non-hydrogen) atoms. The minimum absolute atomic E-state index is 0.174.